The second-order valence-corrected chi connectivity index (χ2v) is 9.03. The van der Waals surface area contributed by atoms with Crippen molar-refractivity contribution in [2.75, 3.05) is 18.1 Å². The number of hydrogen-bond donors (Lipinski definition) is 1. The van der Waals surface area contributed by atoms with Crippen LogP contribution in [0.5, 0.6) is 0 Å². The summed E-state index contributed by atoms with van der Waals surface area (Å²) >= 11 is 0. The summed E-state index contributed by atoms with van der Waals surface area (Å²) in [5.41, 5.74) is -0.406. The molecule has 1 saturated heterocycles. The summed E-state index contributed by atoms with van der Waals surface area (Å²) in [5, 5.41) is 10.2. The lowest BCUT2D eigenvalue weighted by molar-refractivity contribution is -0.137. The molecule has 2 amide bonds. The van der Waals surface area contributed by atoms with E-state index in [1.807, 2.05) is 40.7 Å². The third kappa shape index (κ3) is 4.55. The molecule has 2 heterocycles. The molecule has 0 saturated carbocycles. The molecule has 1 fully saturated rings. The lowest BCUT2D eigenvalue weighted by atomic mass is 9.91. The molecule has 9 heteroatoms. The van der Waals surface area contributed by atoms with Crippen LogP contribution in [0.4, 0.5) is 23.7 Å². The second-order valence-electron chi connectivity index (χ2n) is 9.03. The van der Waals surface area contributed by atoms with Gasteiger partial charge in [0.25, 0.3) is 0 Å². The third-order valence-electron chi connectivity index (χ3n) is 5.07. The zero-order valence-corrected chi connectivity index (χ0v) is 17.8. The molecular formula is C21H27F3N4O2. The molecule has 1 aromatic heterocycles. The van der Waals surface area contributed by atoms with E-state index in [1.165, 1.54) is 17.1 Å². The van der Waals surface area contributed by atoms with Gasteiger partial charge in [0.2, 0.25) is 0 Å². The topological polar surface area (TPSA) is 61.6 Å². The summed E-state index contributed by atoms with van der Waals surface area (Å²) in [6.45, 7) is 10.7. The van der Waals surface area contributed by atoms with Gasteiger partial charge in [-0.2, -0.15) is 13.2 Å². The van der Waals surface area contributed by atoms with Crippen LogP contribution in [0.3, 0.4) is 0 Å². The maximum Gasteiger partial charge on any atom is 0.416 e. The molecule has 0 atom stereocenters. The summed E-state index contributed by atoms with van der Waals surface area (Å²) in [5.74, 6) is 0.529. The van der Waals surface area contributed by atoms with Crippen LogP contribution in [-0.4, -0.2) is 29.3 Å². The first-order valence-corrected chi connectivity index (χ1v) is 9.81. The Labute approximate surface area is 174 Å². The summed E-state index contributed by atoms with van der Waals surface area (Å²) in [4.78, 5) is 13.0. The van der Waals surface area contributed by atoms with Crippen LogP contribution in [0.25, 0.3) is 0 Å². The van der Waals surface area contributed by atoms with Gasteiger partial charge in [0, 0.05) is 24.6 Å². The van der Waals surface area contributed by atoms with E-state index in [2.05, 4.69) is 10.5 Å². The number of carbonyl (C=O) groups excluding carboxylic acids is 1. The molecule has 1 aliphatic rings. The predicted molar refractivity (Wildman–Crippen MR) is 107 cm³/mol. The molecule has 3 rings (SSSR count). The molecule has 1 N–H and O–H groups in total. The molecule has 0 radical (unpaired) electrons. The Kier molecular flexibility index (Phi) is 5.51. The number of rotatable bonds is 3. The van der Waals surface area contributed by atoms with Gasteiger partial charge in [-0.25, -0.2) is 9.80 Å². The fraction of sp³-hybridized carbons (Fsp3) is 0.524. The average Bonchev–Trinajstić information content (AvgIpc) is 3.30. The van der Waals surface area contributed by atoms with Crippen LogP contribution in [0.1, 0.15) is 58.1 Å². The van der Waals surface area contributed by atoms with Gasteiger partial charge in [-0.3, -0.25) is 5.01 Å². The maximum absolute atomic E-state index is 13.0. The second kappa shape index (κ2) is 7.52. The van der Waals surface area contributed by atoms with E-state index in [0.29, 0.717) is 31.0 Å². The molecule has 2 aromatic rings. The smallest absolute Gasteiger partial charge is 0.359 e. The number of benzene rings is 1. The van der Waals surface area contributed by atoms with E-state index in [-0.39, 0.29) is 11.4 Å². The quantitative estimate of drug-likeness (QED) is 0.748. The fourth-order valence-corrected chi connectivity index (χ4v) is 3.23. The number of hydrogen-bond acceptors (Lipinski definition) is 4. The monoisotopic (exact) mass is 424 g/mol. The van der Waals surface area contributed by atoms with E-state index < -0.39 is 17.3 Å². The number of hydrazine groups is 1. The number of nitrogens with one attached hydrogen (secondary N) is 1. The SMILES string of the molecule is CC(C)(C)c1cc(C(C)(C)NC(=O)N2CCCN2c2ccc(C(F)(F)F)cc2)on1. The van der Waals surface area contributed by atoms with Crippen molar-refractivity contribution in [1.29, 1.82) is 0 Å². The Bertz CT molecular complexity index is 898. The van der Waals surface area contributed by atoms with Crippen LogP contribution in [-0.2, 0) is 17.1 Å². The fourth-order valence-electron chi connectivity index (χ4n) is 3.23. The highest BCUT2D eigenvalue weighted by Crippen LogP contribution is 2.32. The molecule has 1 aliphatic heterocycles. The lowest BCUT2D eigenvalue weighted by Crippen LogP contribution is -2.52. The first-order valence-electron chi connectivity index (χ1n) is 9.81. The van der Waals surface area contributed by atoms with Gasteiger partial charge < -0.3 is 9.84 Å². The Balaban J connectivity index is 1.74. The number of nitrogens with zero attached hydrogens (tertiary/aromatic N) is 3. The van der Waals surface area contributed by atoms with Gasteiger partial charge in [-0.15, -0.1) is 0 Å². The zero-order chi connectivity index (χ0) is 22.3. The summed E-state index contributed by atoms with van der Waals surface area (Å²) < 4.78 is 43.9. The van der Waals surface area contributed by atoms with Gasteiger partial charge in [-0.1, -0.05) is 25.9 Å². The summed E-state index contributed by atoms with van der Waals surface area (Å²) in [6.07, 6.45) is -3.68. The van der Waals surface area contributed by atoms with Crippen molar-refractivity contribution in [2.45, 2.75) is 58.2 Å². The minimum atomic E-state index is -4.40. The van der Waals surface area contributed by atoms with Gasteiger partial charge in [0.1, 0.15) is 0 Å². The molecule has 6 nitrogen and oxygen atoms in total. The Hall–Kier alpha value is -2.71. The Morgan fingerprint density at radius 1 is 1.07 bits per heavy atom. The molecule has 1 aromatic carbocycles. The molecule has 0 unspecified atom stereocenters. The van der Waals surface area contributed by atoms with Crippen LogP contribution >= 0.6 is 0 Å². The molecule has 164 valence electrons. The minimum Gasteiger partial charge on any atom is -0.359 e. The molecule has 0 spiro atoms. The van der Waals surface area contributed by atoms with Crippen LogP contribution in [0.2, 0.25) is 0 Å². The van der Waals surface area contributed by atoms with E-state index >= 15 is 0 Å². The Morgan fingerprint density at radius 3 is 2.23 bits per heavy atom. The van der Waals surface area contributed by atoms with Crippen molar-refractivity contribution in [2.24, 2.45) is 0 Å². The first kappa shape index (κ1) is 22.0. The third-order valence-corrected chi connectivity index (χ3v) is 5.07. The van der Waals surface area contributed by atoms with Crippen LogP contribution < -0.4 is 10.3 Å². The summed E-state index contributed by atoms with van der Waals surface area (Å²) in [7, 11) is 0. The number of amides is 2. The van der Waals surface area contributed by atoms with Crippen molar-refractivity contribution in [3.63, 3.8) is 0 Å². The minimum absolute atomic E-state index is 0.184. The highest BCUT2D eigenvalue weighted by molar-refractivity contribution is 5.77. The van der Waals surface area contributed by atoms with Crippen LogP contribution in [0.15, 0.2) is 34.9 Å². The number of carbonyl (C=O) groups is 1. The lowest BCUT2D eigenvalue weighted by Gasteiger charge is -2.33. The van der Waals surface area contributed by atoms with E-state index in [9.17, 15) is 18.0 Å². The molecule has 30 heavy (non-hydrogen) atoms. The van der Waals surface area contributed by atoms with Crippen molar-refractivity contribution >= 4 is 11.7 Å². The number of urea groups is 1. The standard InChI is InChI=1S/C21H27F3N4O2/c1-19(2,3)16-13-17(30-26-16)20(4,5)25-18(29)28-12-6-11-27(28)15-9-7-14(8-10-15)21(22,23)24/h7-10,13H,6,11-12H2,1-5H3,(H,25,29). The van der Waals surface area contributed by atoms with Gasteiger partial charge >= 0.3 is 12.2 Å². The number of aromatic nitrogens is 1. The largest absolute Gasteiger partial charge is 0.416 e. The van der Waals surface area contributed by atoms with Gasteiger partial charge in [0.15, 0.2) is 5.76 Å². The predicted octanol–water partition coefficient (Wildman–Crippen LogP) is 5.06. The Morgan fingerprint density at radius 2 is 1.70 bits per heavy atom. The van der Waals surface area contributed by atoms with Crippen LogP contribution in [0, 0.1) is 0 Å². The normalized spacial score (nSPS) is 15.6. The number of anilines is 1. The highest BCUT2D eigenvalue weighted by Gasteiger charge is 2.35. The number of halogens is 3. The maximum atomic E-state index is 13.0. The van der Waals surface area contributed by atoms with Crippen molar-refractivity contribution in [3.8, 4) is 0 Å². The van der Waals surface area contributed by atoms with E-state index in [4.69, 9.17) is 4.52 Å². The van der Waals surface area contributed by atoms with Gasteiger partial charge in [-0.05, 0) is 44.5 Å². The van der Waals surface area contributed by atoms with Gasteiger partial charge in [0.05, 0.1) is 22.5 Å². The highest BCUT2D eigenvalue weighted by atomic mass is 19.4. The van der Waals surface area contributed by atoms with E-state index in [0.717, 1.165) is 17.8 Å². The first-order chi connectivity index (χ1) is 13.8. The molecule has 0 bridgehead atoms. The molecule has 0 aliphatic carbocycles. The zero-order valence-electron chi connectivity index (χ0n) is 17.8. The van der Waals surface area contributed by atoms with Crippen molar-refractivity contribution < 1.29 is 22.5 Å². The summed E-state index contributed by atoms with van der Waals surface area (Å²) in [6, 6.07) is 6.28. The number of alkyl halides is 3. The van der Waals surface area contributed by atoms with E-state index in [1.54, 1.807) is 5.01 Å². The average molecular weight is 424 g/mol. The van der Waals surface area contributed by atoms with Crippen molar-refractivity contribution in [1.82, 2.24) is 15.5 Å². The van der Waals surface area contributed by atoms with Crippen molar-refractivity contribution in [3.05, 3.63) is 47.3 Å². The molecular weight excluding hydrogens is 397 g/mol.